The van der Waals surface area contributed by atoms with E-state index in [1.165, 1.54) is 34.3 Å². The van der Waals surface area contributed by atoms with Gasteiger partial charge in [-0.05, 0) is 32.0 Å². The number of anilines is 4. The number of nitrogen functional groups attached to an aromatic ring is 2. The zero-order chi connectivity index (χ0) is 23.8. The van der Waals surface area contributed by atoms with Crippen LogP contribution in [0, 0.1) is 5.82 Å². The van der Waals surface area contributed by atoms with Crippen molar-refractivity contribution in [3.05, 3.63) is 41.4 Å². The second-order valence-electron chi connectivity index (χ2n) is 7.77. The molecule has 13 heteroatoms. The lowest BCUT2D eigenvalue weighted by molar-refractivity contribution is -0.125. The molecule has 1 fully saturated rings. The third kappa shape index (κ3) is 4.32. The summed E-state index contributed by atoms with van der Waals surface area (Å²) in [6, 6.07) is 2.69. The molecule has 4 rings (SSSR count). The Labute approximate surface area is 192 Å². The number of nitrogens with zero attached hydrogens (tertiary/aromatic N) is 4. The number of hydrogen-bond acceptors (Lipinski definition) is 9. The van der Waals surface area contributed by atoms with Gasteiger partial charge in [-0.25, -0.2) is 14.1 Å². The van der Waals surface area contributed by atoms with Crippen LogP contribution in [0.25, 0.3) is 5.13 Å². The van der Waals surface area contributed by atoms with Crippen molar-refractivity contribution in [1.82, 2.24) is 20.1 Å². The third-order valence-electron chi connectivity index (χ3n) is 5.74. The Morgan fingerprint density at radius 2 is 1.94 bits per heavy atom. The zero-order valence-electron chi connectivity index (χ0n) is 17.8. The van der Waals surface area contributed by atoms with Gasteiger partial charge in [0.05, 0.1) is 29.5 Å². The van der Waals surface area contributed by atoms with Crippen LogP contribution in [0.1, 0.15) is 23.3 Å². The van der Waals surface area contributed by atoms with Crippen molar-refractivity contribution in [2.75, 3.05) is 41.8 Å². The topological polar surface area (TPSA) is 170 Å². The first-order valence-electron chi connectivity index (χ1n) is 10.1. The van der Waals surface area contributed by atoms with Crippen molar-refractivity contribution in [2.45, 2.75) is 18.4 Å². The molecule has 1 aliphatic rings. The van der Waals surface area contributed by atoms with E-state index in [1.54, 1.807) is 23.5 Å². The molecule has 0 radical (unpaired) electrons. The van der Waals surface area contributed by atoms with Gasteiger partial charge in [-0.3, -0.25) is 9.59 Å². The van der Waals surface area contributed by atoms with Crippen LogP contribution >= 0.6 is 11.3 Å². The number of halogens is 1. The molecule has 174 valence electrons. The Kier molecular flexibility index (Phi) is 5.91. The Hall–Kier alpha value is -3.71. The lowest BCUT2D eigenvalue weighted by atomic mass is 9.86. The molecule has 0 saturated carbocycles. The van der Waals surface area contributed by atoms with Crippen molar-refractivity contribution < 1.29 is 14.0 Å². The van der Waals surface area contributed by atoms with Gasteiger partial charge in [0.1, 0.15) is 11.2 Å². The minimum absolute atomic E-state index is 0.138. The molecule has 1 aromatic carbocycles. The number of amides is 2. The van der Waals surface area contributed by atoms with E-state index in [0.717, 1.165) is 0 Å². The summed E-state index contributed by atoms with van der Waals surface area (Å²) < 4.78 is 16.5. The minimum atomic E-state index is -0.850. The van der Waals surface area contributed by atoms with E-state index in [4.69, 9.17) is 17.2 Å². The smallest absolute Gasteiger partial charge is 0.275 e. The summed E-state index contributed by atoms with van der Waals surface area (Å²) in [6.45, 7) is 0.712. The number of nitrogens with one attached hydrogen (secondary N) is 2. The van der Waals surface area contributed by atoms with Crippen LogP contribution in [0.15, 0.2) is 29.9 Å². The van der Waals surface area contributed by atoms with E-state index >= 15 is 0 Å². The van der Waals surface area contributed by atoms with Crippen LogP contribution in [0.5, 0.6) is 0 Å². The molecule has 8 N–H and O–H groups in total. The van der Waals surface area contributed by atoms with Gasteiger partial charge in [0, 0.05) is 24.2 Å². The van der Waals surface area contributed by atoms with Gasteiger partial charge in [-0.15, -0.1) is 11.3 Å². The van der Waals surface area contributed by atoms with E-state index in [2.05, 4.69) is 20.7 Å². The van der Waals surface area contributed by atoms with E-state index in [1.807, 2.05) is 0 Å². The van der Waals surface area contributed by atoms with Crippen LogP contribution in [0.4, 0.5) is 27.1 Å². The molecule has 0 unspecified atom stereocenters. The third-order valence-corrected chi connectivity index (χ3v) is 6.57. The average Bonchev–Trinajstić information content (AvgIpc) is 3.43. The molecular formula is C20H24FN9O2S. The van der Waals surface area contributed by atoms with Crippen molar-refractivity contribution in [1.29, 1.82) is 0 Å². The van der Waals surface area contributed by atoms with E-state index < -0.39 is 23.2 Å². The first-order valence-corrected chi connectivity index (χ1v) is 11.0. The SMILES string of the molecule is CNC1(C(N)=O)CCN(c2c(F)cc(N)cc2NC(=O)c2csc(-n3cc(N)cn3)n2)CC1. The van der Waals surface area contributed by atoms with Crippen LogP contribution in [-0.2, 0) is 4.79 Å². The van der Waals surface area contributed by atoms with Gasteiger partial charge < -0.3 is 32.7 Å². The highest BCUT2D eigenvalue weighted by atomic mass is 32.1. The molecule has 3 heterocycles. The van der Waals surface area contributed by atoms with Crippen molar-refractivity contribution in [3.63, 3.8) is 0 Å². The zero-order valence-corrected chi connectivity index (χ0v) is 18.7. The largest absolute Gasteiger partial charge is 0.399 e. The number of piperidine rings is 1. The number of benzene rings is 1. The first-order chi connectivity index (χ1) is 15.7. The highest BCUT2D eigenvalue weighted by molar-refractivity contribution is 7.12. The lowest BCUT2D eigenvalue weighted by Crippen LogP contribution is -2.59. The molecule has 0 spiro atoms. The molecule has 3 aromatic rings. The lowest BCUT2D eigenvalue weighted by Gasteiger charge is -2.41. The average molecular weight is 474 g/mol. The van der Waals surface area contributed by atoms with Crippen molar-refractivity contribution in [2.24, 2.45) is 5.73 Å². The summed E-state index contributed by atoms with van der Waals surface area (Å²) in [7, 11) is 1.68. The number of thiazole rings is 1. The van der Waals surface area contributed by atoms with Crippen molar-refractivity contribution >= 4 is 45.9 Å². The Balaban J connectivity index is 1.57. The quantitative estimate of drug-likeness (QED) is 0.329. The van der Waals surface area contributed by atoms with Crippen LogP contribution < -0.4 is 32.7 Å². The Bertz CT molecular complexity index is 1200. The fraction of sp³-hybridized carbons (Fsp3) is 0.300. The normalized spacial score (nSPS) is 15.4. The molecule has 0 atom stereocenters. The number of primary amides is 1. The number of carbonyl (C=O) groups is 2. The summed E-state index contributed by atoms with van der Waals surface area (Å²) in [4.78, 5) is 30.8. The predicted octanol–water partition coefficient (Wildman–Crippen LogP) is 0.928. The molecule has 11 nitrogen and oxygen atoms in total. The van der Waals surface area contributed by atoms with Gasteiger partial charge in [0.2, 0.25) is 11.0 Å². The van der Waals surface area contributed by atoms with Gasteiger partial charge in [0.25, 0.3) is 5.91 Å². The number of aromatic nitrogens is 3. The number of likely N-dealkylation sites (N-methyl/N-ethyl adjacent to an activating group) is 1. The number of carbonyl (C=O) groups excluding carboxylic acids is 2. The summed E-state index contributed by atoms with van der Waals surface area (Å²) in [5.74, 6) is -1.55. The Morgan fingerprint density at radius 1 is 1.21 bits per heavy atom. The van der Waals surface area contributed by atoms with Gasteiger partial charge in [0.15, 0.2) is 5.82 Å². The highest BCUT2D eigenvalue weighted by Crippen LogP contribution is 2.35. The highest BCUT2D eigenvalue weighted by Gasteiger charge is 2.39. The molecule has 1 aliphatic heterocycles. The molecule has 0 aliphatic carbocycles. The predicted molar refractivity (Wildman–Crippen MR) is 125 cm³/mol. The van der Waals surface area contributed by atoms with Gasteiger partial charge >= 0.3 is 0 Å². The monoisotopic (exact) mass is 473 g/mol. The maximum atomic E-state index is 15.0. The molecule has 33 heavy (non-hydrogen) atoms. The molecule has 0 bridgehead atoms. The van der Waals surface area contributed by atoms with Gasteiger partial charge in [-0.1, -0.05) is 0 Å². The standard InChI is InChI=1S/C20H24FN9O2S/c1-25-20(18(24)32)2-4-29(5-3-20)16-13(21)6-11(22)7-14(16)27-17(31)15-10-33-19(28-15)30-9-12(23)8-26-30/h6-10,25H,2-5,22-23H2,1H3,(H2,24,32)(H,27,31). The number of rotatable bonds is 6. The fourth-order valence-corrected chi connectivity index (χ4v) is 4.61. The molecular weight excluding hydrogens is 449 g/mol. The maximum absolute atomic E-state index is 15.0. The molecule has 1 saturated heterocycles. The van der Waals surface area contributed by atoms with Crippen molar-refractivity contribution in [3.8, 4) is 5.13 Å². The van der Waals surface area contributed by atoms with E-state index in [9.17, 15) is 14.0 Å². The molecule has 2 aromatic heterocycles. The summed E-state index contributed by atoms with van der Waals surface area (Å²) in [6.07, 6.45) is 3.83. The second-order valence-corrected chi connectivity index (χ2v) is 8.61. The first kappa shape index (κ1) is 22.5. The van der Waals surface area contributed by atoms with Crippen LogP contribution in [0.2, 0.25) is 0 Å². The summed E-state index contributed by atoms with van der Waals surface area (Å²) >= 11 is 1.21. The molecule has 2 amide bonds. The summed E-state index contributed by atoms with van der Waals surface area (Å²) in [5.41, 5.74) is 17.4. The minimum Gasteiger partial charge on any atom is -0.399 e. The van der Waals surface area contributed by atoms with Crippen LogP contribution in [0.3, 0.4) is 0 Å². The second kappa shape index (κ2) is 8.67. The maximum Gasteiger partial charge on any atom is 0.275 e. The number of nitrogens with two attached hydrogens (primary N) is 3. The Morgan fingerprint density at radius 3 is 2.55 bits per heavy atom. The van der Waals surface area contributed by atoms with E-state index in [-0.39, 0.29) is 22.8 Å². The van der Waals surface area contributed by atoms with E-state index in [0.29, 0.717) is 36.8 Å². The van der Waals surface area contributed by atoms with Gasteiger partial charge in [-0.2, -0.15) is 5.10 Å². The number of hydrogen-bond donors (Lipinski definition) is 5. The van der Waals surface area contributed by atoms with Crippen LogP contribution in [-0.4, -0.2) is 52.3 Å². The fourth-order valence-electron chi connectivity index (χ4n) is 3.87. The summed E-state index contributed by atoms with van der Waals surface area (Å²) in [5, 5.41) is 11.8.